The summed E-state index contributed by atoms with van der Waals surface area (Å²) in [4.78, 5) is 12.0. The summed E-state index contributed by atoms with van der Waals surface area (Å²) in [5.41, 5.74) is 0. The van der Waals surface area contributed by atoms with E-state index >= 15 is 0 Å². The van der Waals surface area contributed by atoms with Crippen molar-refractivity contribution >= 4 is 6.03 Å². The van der Waals surface area contributed by atoms with E-state index < -0.39 is 0 Å². The molecular formula is C16H30N2O2. The highest BCUT2D eigenvalue weighted by molar-refractivity contribution is 5.74. The lowest BCUT2D eigenvalue weighted by atomic mass is 9.86. The third-order valence-corrected chi connectivity index (χ3v) is 4.94. The molecule has 2 N–H and O–H groups in total. The van der Waals surface area contributed by atoms with Gasteiger partial charge in [0.2, 0.25) is 0 Å². The molecule has 0 aromatic heterocycles. The number of rotatable bonds is 4. The lowest BCUT2D eigenvalue weighted by Gasteiger charge is -2.31. The molecule has 0 atom stereocenters. The molecule has 0 bridgehead atoms. The van der Waals surface area contributed by atoms with E-state index in [9.17, 15) is 4.79 Å². The number of methoxy groups -OCH3 is 1. The molecule has 2 aliphatic rings. The van der Waals surface area contributed by atoms with Crippen molar-refractivity contribution in [3.63, 3.8) is 0 Å². The molecule has 0 spiro atoms. The fraction of sp³-hybridized carbons (Fsp3) is 0.938. The summed E-state index contributed by atoms with van der Waals surface area (Å²) in [6.45, 7) is 3.16. The maximum absolute atomic E-state index is 12.0. The summed E-state index contributed by atoms with van der Waals surface area (Å²) in [6.07, 6.45) is 9.26. The fourth-order valence-corrected chi connectivity index (χ4v) is 3.53. The van der Waals surface area contributed by atoms with E-state index in [2.05, 4.69) is 17.6 Å². The van der Waals surface area contributed by atoms with Gasteiger partial charge < -0.3 is 15.4 Å². The minimum absolute atomic E-state index is 0.0414. The van der Waals surface area contributed by atoms with Crippen molar-refractivity contribution < 1.29 is 9.53 Å². The van der Waals surface area contributed by atoms with Gasteiger partial charge in [-0.15, -0.1) is 0 Å². The molecule has 0 aliphatic heterocycles. The van der Waals surface area contributed by atoms with Gasteiger partial charge in [0.15, 0.2) is 0 Å². The molecule has 20 heavy (non-hydrogen) atoms. The average molecular weight is 282 g/mol. The summed E-state index contributed by atoms with van der Waals surface area (Å²) >= 11 is 0. The molecule has 0 aromatic carbocycles. The lowest BCUT2D eigenvalue weighted by molar-refractivity contribution is 0.124. The van der Waals surface area contributed by atoms with Gasteiger partial charge in [-0.25, -0.2) is 4.79 Å². The third-order valence-electron chi connectivity index (χ3n) is 4.94. The third kappa shape index (κ3) is 4.97. The molecule has 0 unspecified atom stereocenters. The number of ether oxygens (including phenoxy) is 1. The number of amides is 2. The van der Waals surface area contributed by atoms with Crippen LogP contribution in [0.1, 0.15) is 58.3 Å². The lowest BCUT2D eigenvalue weighted by Crippen LogP contribution is -2.48. The Morgan fingerprint density at radius 3 is 1.95 bits per heavy atom. The summed E-state index contributed by atoms with van der Waals surface area (Å²) < 4.78 is 5.21. The number of urea groups is 1. The predicted molar refractivity (Wildman–Crippen MR) is 80.7 cm³/mol. The highest BCUT2D eigenvalue weighted by Crippen LogP contribution is 2.25. The van der Waals surface area contributed by atoms with Crippen LogP contribution in [0.3, 0.4) is 0 Å². The van der Waals surface area contributed by atoms with Crippen molar-refractivity contribution in [2.75, 3.05) is 13.7 Å². The van der Waals surface area contributed by atoms with Gasteiger partial charge in [-0.1, -0.05) is 6.92 Å². The van der Waals surface area contributed by atoms with Crippen LogP contribution >= 0.6 is 0 Å². The van der Waals surface area contributed by atoms with Gasteiger partial charge in [-0.05, 0) is 63.2 Å². The van der Waals surface area contributed by atoms with Gasteiger partial charge in [0.25, 0.3) is 0 Å². The molecule has 0 saturated heterocycles. The van der Waals surface area contributed by atoms with Gasteiger partial charge >= 0.3 is 6.03 Å². The monoisotopic (exact) mass is 282 g/mol. The van der Waals surface area contributed by atoms with E-state index in [1.165, 1.54) is 25.7 Å². The van der Waals surface area contributed by atoms with Crippen LogP contribution in [0.15, 0.2) is 0 Å². The first-order valence-electron chi connectivity index (χ1n) is 8.23. The van der Waals surface area contributed by atoms with E-state index in [4.69, 9.17) is 4.74 Å². The molecule has 2 rings (SSSR count). The highest BCUT2D eigenvalue weighted by atomic mass is 16.5. The van der Waals surface area contributed by atoms with Crippen LogP contribution in [-0.2, 0) is 4.74 Å². The quantitative estimate of drug-likeness (QED) is 0.832. The van der Waals surface area contributed by atoms with E-state index in [0.717, 1.165) is 38.2 Å². The van der Waals surface area contributed by atoms with Crippen molar-refractivity contribution in [2.45, 2.75) is 70.4 Å². The molecule has 116 valence electrons. The Labute approximate surface area is 123 Å². The molecule has 2 amide bonds. The topological polar surface area (TPSA) is 50.4 Å². The van der Waals surface area contributed by atoms with E-state index in [0.29, 0.717) is 18.0 Å². The van der Waals surface area contributed by atoms with Crippen molar-refractivity contribution in [3.05, 3.63) is 0 Å². The zero-order valence-corrected chi connectivity index (χ0v) is 13.0. The summed E-state index contributed by atoms with van der Waals surface area (Å²) in [5, 5.41) is 6.30. The Balaban J connectivity index is 1.63. The van der Waals surface area contributed by atoms with Gasteiger partial charge in [0.05, 0.1) is 0 Å². The van der Waals surface area contributed by atoms with Gasteiger partial charge in [-0.2, -0.15) is 0 Å². The molecule has 2 saturated carbocycles. The SMILES string of the molecule is COCC1CCC(NC(=O)NC2CCC(C)CC2)CC1. The molecule has 0 radical (unpaired) electrons. The smallest absolute Gasteiger partial charge is 0.315 e. The fourth-order valence-electron chi connectivity index (χ4n) is 3.53. The Morgan fingerprint density at radius 2 is 1.45 bits per heavy atom. The van der Waals surface area contributed by atoms with Crippen molar-refractivity contribution in [1.29, 1.82) is 0 Å². The standard InChI is InChI=1S/C16H30N2O2/c1-12-3-7-14(8-4-12)17-16(19)18-15-9-5-13(6-10-15)11-20-2/h12-15H,3-11H2,1-2H3,(H2,17,18,19). The minimum atomic E-state index is 0.0414. The predicted octanol–water partition coefficient (Wildman–Crippen LogP) is 3.07. The molecule has 0 heterocycles. The second kappa shape index (κ2) is 7.87. The maximum atomic E-state index is 12.0. The second-order valence-corrected chi connectivity index (χ2v) is 6.75. The van der Waals surface area contributed by atoms with Crippen LogP contribution < -0.4 is 10.6 Å². The van der Waals surface area contributed by atoms with E-state index in [1.54, 1.807) is 7.11 Å². The number of carbonyl (C=O) groups is 1. The highest BCUT2D eigenvalue weighted by Gasteiger charge is 2.24. The molecule has 2 aliphatic carbocycles. The minimum Gasteiger partial charge on any atom is -0.384 e. The first-order chi connectivity index (χ1) is 9.67. The summed E-state index contributed by atoms with van der Waals surface area (Å²) in [5.74, 6) is 1.51. The average Bonchev–Trinajstić information content (AvgIpc) is 2.44. The van der Waals surface area contributed by atoms with Gasteiger partial charge in [-0.3, -0.25) is 0 Å². The van der Waals surface area contributed by atoms with Crippen LogP contribution in [-0.4, -0.2) is 31.8 Å². The molecule has 4 nitrogen and oxygen atoms in total. The van der Waals surface area contributed by atoms with E-state index in [-0.39, 0.29) is 6.03 Å². The van der Waals surface area contributed by atoms with Gasteiger partial charge in [0.1, 0.15) is 0 Å². The number of hydrogen-bond donors (Lipinski definition) is 2. The Morgan fingerprint density at radius 1 is 0.950 bits per heavy atom. The first kappa shape index (κ1) is 15.6. The van der Waals surface area contributed by atoms with E-state index in [1.807, 2.05) is 0 Å². The van der Waals surface area contributed by atoms with Crippen LogP contribution in [0.5, 0.6) is 0 Å². The Bertz CT molecular complexity index is 293. The van der Waals surface area contributed by atoms with Crippen molar-refractivity contribution in [3.8, 4) is 0 Å². The van der Waals surface area contributed by atoms with Crippen LogP contribution in [0.2, 0.25) is 0 Å². The number of carbonyl (C=O) groups excluding carboxylic acids is 1. The normalized spacial score (nSPS) is 34.5. The molecule has 2 fully saturated rings. The molecule has 4 heteroatoms. The van der Waals surface area contributed by atoms with Crippen molar-refractivity contribution in [1.82, 2.24) is 10.6 Å². The zero-order chi connectivity index (χ0) is 14.4. The number of hydrogen-bond acceptors (Lipinski definition) is 2. The van der Waals surface area contributed by atoms with Crippen molar-refractivity contribution in [2.24, 2.45) is 11.8 Å². The Hall–Kier alpha value is -0.770. The molecular weight excluding hydrogens is 252 g/mol. The van der Waals surface area contributed by atoms with Gasteiger partial charge in [0, 0.05) is 25.8 Å². The number of nitrogens with one attached hydrogen (secondary N) is 2. The van der Waals surface area contributed by atoms with Crippen LogP contribution in [0.4, 0.5) is 4.79 Å². The zero-order valence-electron chi connectivity index (χ0n) is 13.0. The summed E-state index contributed by atoms with van der Waals surface area (Å²) in [6, 6.07) is 0.779. The van der Waals surface area contributed by atoms with Crippen LogP contribution in [0.25, 0.3) is 0 Å². The largest absolute Gasteiger partial charge is 0.384 e. The second-order valence-electron chi connectivity index (χ2n) is 6.75. The first-order valence-corrected chi connectivity index (χ1v) is 8.23. The Kier molecular flexibility index (Phi) is 6.14. The summed E-state index contributed by atoms with van der Waals surface area (Å²) in [7, 11) is 1.77. The maximum Gasteiger partial charge on any atom is 0.315 e. The van der Waals surface area contributed by atoms with Crippen LogP contribution in [0, 0.1) is 11.8 Å². The molecule has 0 aromatic rings.